The molecule has 1 aliphatic carbocycles. The van der Waals surface area contributed by atoms with Gasteiger partial charge in [-0.1, -0.05) is 38.1 Å². The van der Waals surface area contributed by atoms with E-state index in [2.05, 4.69) is 36.2 Å². The van der Waals surface area contributed by atoms with Crippen molar-refractivity contribution < 1.29 is 13.7 Å². The number of halogens is 1. The molecule has 1 amide bonds. The summed E-state index contributed by atoms with van der Waals surface area (Å²) in [5.41, 5.74) is 2.69. The summed E-state index contributed by atoms with van der Waals surface area (Å²) in [4.78, 5) is 16.9. The van der Waals surface area contributed by atoms with Crippen LogP contribution in [0.15, 0.2) is 41.1 Å². The van der Waals surface area contributed by atoms with Crippen LogP contribution in [0.4, 0.5) is 4.39 Å². The van der Waals surface area contributed by atoms with Crippen LogP contribution < -0.4 is 5.32 Å². The lowest BCUT2D eigenvalue weighted by Crippen LogP contribution is -2.26. The van der Waals surface area contributed by atoms with Crippen molar-refractivity contribution in [3.05, 3.63) is 59.2 Å². The highest BCUT2D eigenvalue weighted by molar-refractivity contribution is 5.97. The molecule has 0 spiro atoms. The number of fused-ring (bicyclic) bond motifs is 1. The van der Waals surface area contributed by atoms with Gasteiger partial charge in [0.05, 0.1) is 16.6 Å². The van der Waals surface area contributed by atoms with Gasteiger partial charge in [0.1, 0.15) is 5.82 Å². The van der Waals surface area contributed by atoms with Crippen molar-refractivity contribution in [2.24, 2.45) is 5.41 Å². The molecule has 1 aliphatic rings. The number of benzene rings is 1. The predicted molar refractivity (Wildman–Crippen MR) is 100.0 cm³/mol. The SMILES string of the molecule is CC(C)(C)Cc1noc2ncc(C(=O)N[C@H]3C[C@@H]3c3cccc(F)c3)cc12. The summed E-state index contributed by atoms with van der Waals surface area (Å²) in [6, 6.07) is 8.35. The van der Waals surface area contributed by atoms with E-state index in [0.29, 0.717) is 11.3 Å². The van der Waals surface area contributed by atoms with Gasteiger partial charge in [0.2, 0.25) is 0 Å². The van der Waals surface area contributed by atoms with Crippen LogP contribution in [0.5, 0.6) is 0 Å². The number of nitrogens with zero attached hydrogens (tertiary/aromatic N) is 2. The van der Waals surface area contributed by atoms with Crippen molar-refractivity contribution in [1.82, 2.24) is 15.5 Å². The fraction of sp³-hybridized carbons (Fsp3) is 0.381. The largest absolute Gasteiger partial charge is 0.349 e. The normalized spacial score (nSPS) is 19.3. The van der Waals surface area contributed by atoms with Gasteiger partial charge in [0.15, 0.2) is 0 Å². The predicted octanol–water partition coefficient (Wildman–Crippen LogP) is 4.24. The number of carbonyl (C=O) groups is 1. The van der Waals surface area contributed by atoms with Gasteiger partial charge in [-0.3, -0.25) is 4.79 Å². The molecule has 0 radical (unpaired) electrons. The summed E-state index contributed by atoms with van der Waals surface area (Å²) in [5, 5.41) is 7.89. The van der Waals surface area contributed by atoms with E-state index < -0.39 is 0 Å². The van der Waals surface area contributed by atoms with E-state index in [9.17, 15) is 9.18 Å². The van der Waals surface area contributed by atoms with Crippen molar-refractivity contribution in [3.8, 4) is 0 Å². The van der Waals surface area contributed by atoms with Crippen molar-refractivity contribution >= 4 is 17.0 Å². The molecule has 0 saturated heterocycles. The first-order chi connectivity index (χ1) is 12.8. The summed E-state index contributed by atoms with van der Waals surface area (Å²) in [5.74, 6) is -0.275. The van der Waals surface area contributed by atoms with Gasteiger partial charge < -0.3 is 9.84 Å². The molecular weight excluding hydrogens is 345 g/mol. The Labute approximate surface area is 157 Å². The molecule has 1 fully saturated rings. The van der Waals surface area contributed by atoms with Gasteiger partial charge in [-0.25, -0.2) is 9.37 Å². The highest BCUT2D eigenvalue weighted by Crippen LogP contribution is 2.41. The van der Waals surface area contributed by atoms with Crippen molar-refractivity contribution in [2.45, 2.75) is 45.6 Å². The molecular formula is C21H22FN3O2. The fourth-order valence-electron chi connectivity index (χ4n) is 3.35. The van der Waals surface area contributed by atoms with E-state index in [1.54, 1.807) is 12.1 Å². The van der Waals surface area contributed by atoms with Crippen LogP contribution in [-0.4, -0.2) is 22.1 Å². The minimum Gasteiger partial charge on any atom is -0.349 e. The van der Waals surface area contributed by atoms with Crippen LogP contribution in [0.2, 0.25) is 0 Å². The first-order valence-electron chi connectivity index (χ1n) is 9.11. The zero-order valence-electron chi connectivity index (χ0n) is 15.6. The molecule has 27 heavy (non-hydrogen) atoms. The number of rotatable bonds is 4. The third kappa shape index (κ3) is 3.84. The Morgan fingerprint density at radius 1 is 1.33 bits per heavy atom. The lowest BCUT2D eigenvalue weighted by molar-refractivity contribution is 0.0950. The molecule has 5 nitrogen and oxygen atoms in total. The smallest absolute Gasteiger partial charge is 0.257 e. The number of hydrogen-bond acceptors (Lipinski definition) is 4. The summed E-state index contributed by atoms with van der Waals surface area (Å²) in [6.07, 6.45) is 3.05. The van der Waals surface area contributed by atoms with E-state index in [1.165, 1.54) is 18.3 Å². The highest BCUT2D eigenvalue weighted by Gasteiger charge is 2.39. The Morgan fingerprint density at radius 3 is 2.89 bits per heavy atom. The quantitative estimate of drug-likeness (QED) is 0.749. The monoisotopic (exact) mass is 367 g/mol. The fourth-order valence-corrected chi connectivity index (χ4v) is 3.35. The third-order valence-electron chi connectivity index (χ3n) is 4.75. The van der Waals surface area contributed by atoms with Gasteiger partial charge in [0, 0.05) is 18.2 Å². The van der Waals surface area contributed by atoms with Gasteiger partial charge in [-0.2, -0.15) is 0 Å². The number of amides is 1. The molecule has 2 aromatic heterocycles. The second-order valence-corrected chi connectivity index (χ2v) is 8.42. The van der Waals surface area contributed by atoms with Crippen LogP contribution in [-0.2, 0) is 6.42 Å². The molecule has 0 unspecified atom stereocenters. The Morgan fingerprint density at radius 2 is 2.15 bits per heavy atom. The van der Waals surface area contributed by atoms with E-state index in [0.717, 1.165) is 29.5 Å². The molecule has 140 valence electrons. The Balaban J connectivity index is 1.49. The molecule has 0 aliphatic heterocycles. The van der Waals surface area contributed by atoms with E-state index in [4.69, 9.17) is 4.52 Å². The number of pyridine rings is 1. The standard InChI is InChI=1S/C21H22FN3O2/c1-21(2,3)10-18-16-8-13(11-23-20(16)27-25-18)19(26)24-17-9-15(17)12-5-4-6-14(22)7-12/h4-8,11,15,17H,9-10H2,1-3H3,(H,24,26)/t15-,17+/m1/s1. The molecule has 1 N–H and O–H groups in total. The van der Waals surface area contributed by atoms with Gasteiger partial charge in [-0.05, 0) is 42.0 Å². The van der Waals surface area contributed by atoms with Crippen molar-refractivity contribution in [2.75, 3.05) is 0 Å². The number of nitrogens with one attached hydrogen (secondary N) is 1. The second-order valence-electron chi connectivity index (χ2n) is 8.42. The van der Waals surface area contributed by atoms with Gasteiger partial charge in [0.25, 0.3) is 11.6 Å². The second kappa shape index (κ2) is 6.44. The van der Waals surface area contributed by atoms with Crippen LogP contribution in [0.25, 0.3) is 11.1 Å². The highest BCUT2D eigenvalue weighted by atomic mass is 19.1. The van der Waals surface area contributed by atoms with Crippen molar-refractivity contribution in [1.29, 1.82) is 0 Å². The molecule has 0 bridgehead atoms. The molecule has 1 aromatic carbocycles. The summed E-state index contributed by atoms with van der Waals surface area (Å²) < 4.78 is 18.7. The average Bonchev–Trinajstić information content (AvgIpc) is 3.26. The maximum Gasteiger partial charge on any atom is 0.257 e. The third-order valence-corrected chi connectivity index (χ3v) is 4.75. The Hall–Kier alpha value is -2.76. The zero-order valence-corrected chi connectivity index (χ0v) is 15.6. The summed E-state index contributed by atoms with van der Waals surface area (Å²) in [7, 11) is 0. The van der Waals surface area contributed by atoms with E-state index in [1.807, 2.05) is 6.07 Å². The maximum absolute atomic E-state index is 13.4. The van der Waals surface area contributed by atoms with Gasteiger partial charge in [-0.15, -0.1) is 0 Å². The molecule has 4 rings (SSSR count). The number of aromatic nitrogens is 2. The first kappa shape index (κ1) is 17.6. The first-order valence-corrected chi connectivity index (χ1v) is 9.11. The van der Waals surface area contributed by atoms with Crippen LogP contribution in [0, 0.1) is 11.2 Å². The number of hydrogen-bond donors (Lipinski definition) is 1. The van der Waals surface area contributed by atoms with Crippen molar-refractivity contribution in [3.63, 3.8) is 0 Å². The Kier molecular flexibility index (Phi) is 4.21. The minimum atomic E-state index is -0.252. The lowest BCUT2D eigenvalue weighted by atomic mass is 9.90. The number of carbonyl (C=O) groups excluding carboxylic acids is 1. The van der Waals surface area contributed by atoms with Crippen LogP contribution in [0.1, 0.15) is 54.7 Å². The maximum atomic E-state index is 13.4. The Bertz CT molecular complexity index is 1010. The zero-order chi connectivity index (χ0) is 19.2. The topological polar surface area (TPSA) is 68.0 Å². The summed E-state index contributed by atoms with van der Waals surface area (Å²) in [6.45, 7) is 6.37. The van der Waals surface area contributed by atoms with Gasteiger partial charge >= 0.3 is 0 Å². The van der Waals surface area contributed by atoms with Crippen LogP contribution in [0.3, 0.4) is 0 Å². The molecule has 3 aromatic rings. The molecule has 6 heteroatoms. The summed E-state index contributed by atoms with van der Waals surface area (Å²) >= 11 is 0. The molecule has 2 heterocycles. The lowest BCUT2D eigenvalue weighted by Gasteiger charge is -2.15. The molecule has 1 saturated carbocycles. The minimum absolute atomic E-state index is 0.0199. The van der Waals surface area contributed by atoms with Crippen LogP contribution >= 0.6 is 0 Å². The van der Waals surface area contributed by atoms with E-state index >= 15 is 0 Å². The molecule has 2 atom stereocenters. The van der Waals surface area contributed by atoms with E-state index in [-0.39, 0.29) is 29.1 Å². The average molecular weight is 367 g/mol.